The number of benzene rings is 2. The fourth-order valence-electron chi connectivity index (χ4n) is 5.83. The zero-order chi connectivity index (χ0) is 28.8. The second kappa shape index (κ2) is 10.3. The molecule has 0 N–H and O–H groups in total. The van der Waals surface area contributed by atoms with E-state index in [0.717, 1.165) is 41.2 Å². The van der Waals surface area contributed by atoms with Crippen LogP contribution in [0.2, 0.25) is 0 Å². The van der Waals surface area contributed by atoms with E-state index in [0.29, 0.717) is 35.9 Å². The Bertz CT molecular complexity index is 1670. The molecule has 3 aliphatic heterocycles. The number of fused-ring (bicyclic) bond motifs is 5. The van der Waals surface area contributed by atoms with Crippen molar-refractivity contribution in [2.45, 2.75) is 39.3 Å². The van der Waals surface area contributed by atoms with Crippen LogP contribution in [0.4, 0.5) is 5.82 Å². The Morgan fingerprint density at radius 1 is 1.29 bits per heavy atom. The van der Waals surface area contributed by atoms with Gasteiger partial charge < -0.3 is 29.1 Å². The molecule has 3 aliphatic rings. The van der Waals surface area contributed by atoms with Crippen LogP contribution < -0.4 is 18.9 Å². The molecular formula is C29H27N5O7. The highest BCUT2D eigenvalue weighted by Gasteiger charge is 2.37. The Morgan fingerprint density at radius 3 is 2.76 bits per heavy atom. The number of nitrogens with zero attached hydrogens (tertiary/aromatic N) is 5. The van der Waals surface area contributed by atoms with Gasteiger partial charge in [0.25, 0.3) is 0 Å². The lowest BCUT2D eigenvalue weighted by atomic mass is 9.81. The summed E-state index contributed by atoms with van der Waals surface area (Å²) in [6.45, 7) is 4.51. The molecule has 41 heavy (non-hydrogen) atoms. The quantitative estimate of drug-likeness (QED) is 0.238. The summed E-state index contributed by atoms with van der Waals surface area (Å²) < 4.78 is 24.4. The van der Waals surface area contributed by atoms with Gasteiger partial charge in [0.2, 0.25) is 12.6 Å². The van der Waals surface area contributed by atoms with E-state index in [9.17, 15) is 20.2 Å². The average molecular weight is 558 g/mol. The smallest absolute Gasteiger partial charge is 0.382 e. The molecule has 0 aliphatic carbocycles. The van der Waals surface area contributed by atoms with Crippen LogP contribution in [0, 0.1) is 28.4 Å². The predicted octanol–water partition coefficient (Wildman–Crippen LogP) is 3.98. The van der Waals surface area contributed by atoms with E-state index in [2.05, 4.69) is 28.1 Å². The van der Waals surface area contributed by atoms with E-state index >= 15 is 0 Å². The third-order valence-electron chi connectivity index (χ3n) is 7.72. The van der Waals surface area contributed by atoms with E-state index in [1.54, 1.807) is 19.1 Å². The standard InChI is InChI=1S/C29H27N5O7/c1-16(35)14-39-29-23-12-32-5-4-18-7-25-26(41-15-40-25)10-22(18)24(32)9-21(23)19(8-27(29)38-3)6-20(11-30)33-13-28(34(36)37)31-17(33)2/h6-8,10,13,24H,4-5,9,12,14-15H2,1-3H3/b20-6+. The Labute approximate surface area is 235 Å². The first kappa shape index (κ1) is 26.3. The van der Waals surface area contributed by atoms with Gasteiger partial charge in [0.1, 0.15) is 24.6 Å². The number of aromatic nitrogens is 2. The van der Waals surface area contributed by atoms with Gasteiger partial charge >= 0.3 is 5.82 Å². The van der Waals surface area contributed by atoms with Crippen LogP contribution in [0.25, 0.3) is 11.8 Å². The topological polar surface area (TPSA) is 142 Å². The number of methoxy groups -OCH3 is 1. The maximum absolute atomic E-state index is 11.8. The van der Waals surface area contributed by atoms with Crippen LogP contribution in [-0.4, -0.2) is 52.2 Å². The van der Waals surface area contributed by atoms with E-state index in [1.807, 2.05) is 0 Å². The van der Waals surface area contributed by atoms with Gasteiger partial charge in [-0.3, -0.25) is 14.3 Å². The number of hydrogen-bond donors (Lipinski definition) is 0. The summed E-state index contributed by atoms with van der Waals surface area (Å²) in [6, 6.07) is 8.09. The van der Waals surface area contributed by atoms with Crippen LogP contribution >= 0.6 is 0 Å². The second-order valence-electron chi connectivity index (χ2n) is 10.2. The Balaban J connectivity index is 1.50. The number of nitriles is 1. The summed E-state index contributed by atoms with van der Waals surface area (Å²) in [5.74, 6) is 2.26. The van der Waals surface area contributed by atoms with Crippen molar-refractivity contribution in [1.29, 1.82) is 5.26 Å². The maximum atomic E-state index is 11.8. The van der Waals surface area contributed by atoms with Crippen molar-refractivity contribution < 1.29 is 28.7 Å². The lowest BCUT2D eigenvalue weighted by Crippen LogP contribution is -2.39. The zero-order valence-electron chi connectivity index (χ0n) is 22.8. The number of carbonyl (C=O) groups excluding carboxylic acids is 1. The number of Topliss-reactive ketones (excluding diaryl/α,β-unsaturated/α-hetero) is 1. The second-order valence-corrected chi connectivity index (χ2v) is 10.2. The van der Waals surface area contributed by atoms with Gasteiger partial charge in [-0.15, -0.1) is 0 Å². The van der Waals surface area contributed by atoms with Gasteiger partial charge in [-0.25, -0.2) is 0 Å². The SMILES string of the molecule is COc1cc(/C=C(\C#N)n2cc([N+](=O)[O-])nc2C)c2c(c1OCC(C)=O)CN1CCc3cc4c(cc3C1C2)OCO4. The molecule has 12 heteroatoms. The third kappa shape index (κ3) is 4.64. The van der Waals surface area contributed by atoms with Crippen molar-refractivity contribution in [3.63, 3.8) is 0 Å². The minimum absolute atomic E-state index is 0.0311. The fourth-order valence-corrected chi connectivity index (χ4v) is 5.83. The molecule has 0 spiro atoms. The van der Waals surface area contributed by atoms with Gasteiger partial charge in [-0.1, -0.05) is 0 Å². The molecule has 12 nitrogen and oxygen atoms in total. The lowest BCUT2D eigenvalue weighted by Gasteiger charge is -2.42. The summed E-state index contributed by atoms with van der Waals surface area (Å²) >= 11 is 0. The van der Waals surface area contributed by atoms with Crippen molar-refractivity contribution in [3.8, 4) is 29.1 Å². The minimum atomic E-state index is -0.592. The number of carbonyl (C=O) groups is 1. The van der Waals surface area contributed by atoms with Gasteiger partial charge in [-0.2, -0.15) is 5.26 Å². The van der Waals surface area contributed by atoms with E-state index in [-0.39, 0.29) is 36.7 Å². The number of ether oxygens (including phenoxy) is 4. The van der Waals surface area contributed by atoms with Gasteiger partial charge in [0.15, 0.2) is 28.8 Å². The van der Waals surface area contributed by atoms with Crippen molar-refractivity contribution in [2.24, 2.45) is 0 Å². The maximum Gasteiger partial charge on any atom is 0.382 e. The van der Waals surface area contributed by atoms with Crippen LogP contribution in [0.5, 0.6) is 23.0 Å². The van der Waals surface area contributed by atoms with Crippen LogP contribution in [0.15, 0.2) is 24.4 Å². The molecule has 0 radical (unpaired) electrons. The molecule has 3 aromatic rings. The van der Waals surface area contributed by atoms with Crippen molar-refractivity contribution in [1.82, 2.24) is 14.5 Å². The highest BCUT2D eigenvalue weighted by Crippen LogP contribution is 2.48. The fraction of sp³-hybridized carbons (Fsp3) is 0.345. The predicted molar refractivity (Wildman–Crippen MR) is 146 cm³/mol. The van der Waals surface area contributed by atoms with Gasteiger partial charge in [0, 0.05) is 31.6 Å². The highest BCUT2D eigenvalue weighted by atomic mass is 16.7. The first-order valence-electron chi connectivity index (χ1n) is 13.1. The molecule has 0 saturated carbocycles. The third-order valence-corrected chi connectivity index (χ3v) is 7.72. The molecule has 6 rings (SSSR count). The van der Waals surface area contributed by atoms with E-state index in [1.165, 1.54) is 30.4 Å². The number of aryl methyl sites for hydroxylation is 1. The molecule has 1 unspecified atom stereocenters. The molecule has 1 atom stereocenters. The molecule has 0 fully saturated rings. The molecule has 1 aromatic heterocycles. The number of rotatable bonds is 7. The Kier molecular flexibility index (Phi) is 6.59. The van der Waals surface area contributed by atoms with Gasteiger partial charge in [-0.05, 0) is 76.2 Å². The van der Waals surface area contributed by atoms with E-state index < -0.39 is 4.92 Å². The minimum Gasteiger partial charge on any atom is -0.493 e. The van der Waals surface area contributed by atoms with Crippen LogP contribution in [0.1, 0.15) is 46.6 Å². The summed E-state index contributed by atoms with van der Waals surface area (Å²) in [6.07, 6.45) is 4.36. The largest absolute Gasteiger partial charge is 0.493 e. The Morgan fingerprint density at radius 2 is 2.07 bits per heavy atom. The summed E-state index contributed by atoms with van der Waals surface area (Å²) in [5.41, 5.74) is 5.06. The summed E-state index contributed by atoms with van der Waals surface area (Å²) in [7, 11) is 1.52. The van der Waals surface area contributed by atoms with Crippen LogP contribution in [0.3, 0.4) is 0 Å². The van der Waals surface area contributed by atoms with Crippen molar-refractivity contribution >= 4 is 23.4 Å². The van der Waals surface area contributed by atoms with Crippen molar-refractivity contribution in [3.05, 3.63) is 68.2 Å². The number of ketones is 1. The lowest BCUT2D eigenvalue weighted by molar-refractivity contribution is -0.389. The summed E-state index contributed by atoms with van der Waals surface area (Å²) in [5, 5.41) is 21.4. The number of imidazole rings is 1. The van der Waals surface area contributed by atoms with Crippen LogP contribution in [-0.2, 0) is 24.2 Å². The first-order chi connectivity index (χ1) is 19.8. The molecule has 0 amide bonds. The molecule has 0 saturated heterocycles. The Hall–Kier alpha value is -4.89. The molecular weight excluding hydrogens is 530 g/mol. The highest BCUT2D eigenvalue weighted by molar-refractivity contribution is 5.83. The number of allylic oxidation sites excluding steroid dienone is 1. The first-order valence-corrected chi connectivity index (χ1v) is 13.1. The summed E-state index contributed by atoms with van der Waals surface area (Å²) in [4.78, 5) is 28.9. The van der Waals surface area contributed by atoms with Gasteiger partial charge in [0.05, 0.1) is 7.11 Å². The monoisotopic (exact) mass is 557 g/mol. The number of nitro groups is 1. The zero-order valence-corrected chi connectivity index (χ0v) is 22.8. The average Bonchev–Trinajstić information content (AvgIpc) is 3.58. The molecule has 4 heterocycles. The number of hydrogen-bond acceptors (Lipinski definition) is 10. The van der Waals surface area contributed by atoms with E-state index in [4.69, 9.17) is 18.9 Å². The normalized spacial score (nSPS) is 17.2. The molecule has 0 bridgehead atoms. The molecule has 2 aromatic carbocycles. The molecule has 210 valence electrons. The van der Waals surface area contributed by atoms with Crippen molar-refractivity contribution in [2.75, 3.05) is 27.1 Å².